The largest absolute Gasteiger partial charge is 0.300 e. The first-order valence-electron chi connectivity index (χ1n) is 13.9. The van der Waals surface area contributed by atoms with Crippen LogP contribution in [0.25, 0.3) is 0 Å². The van der Waals surface area contributed by atoms with Gasteiger partial charge in [-0.15, -0.1) is 0 Å². The summed E-state index contributed by atoms with van der Waals surface area (Å²) in [5.41, 5.74) is 0. The standard InChI is InChI=1S/C29H56O/c1-3-4-5-6-7-8-9-10-11-12-13-14-15-16-17-18-19-20-21-22-23-24-25-26-27-28-29(2)30/h24-25H,3-23,26-28H2,1-2H3/b25-24+. The van der Waals surface area contributed by atoms with Gasteiger partial charge in [0.05, 0.1) is 0 Å². The van der Waals surface area contributed by atoms with Gasteiger partial charge in [0.2, 0.25) is 0 Å². The second kappa shape index (κ2) is 26.4. The van der Waals surface area contributed by atoms with E-state index in [1.807, 2.05) is 0 Å². The van der Waals surface area contributed by atoms with Gasteiger partial charge >= 0.3 is 0 Å². The molecule has 0 atom stereocenters. The van der Waals surface area contributed by atoms with E-state index >= 15 is 0 Å². The summed E-state index contributed by atoms with van der Waals surface area (Å²) in [5.74, 6) is 0.317. The number of carbonyl (C=O) groups excluding carboxylic acids is 1. The lowest BCUT2D eigenvalue weighted by atomic mass is 10.0. The van der Waals surface area contributed by atoms with Gasteiger partial charge in [0.15, 0.2) is 0 Å². The van der Waals surface area contributed by atoms with Crippen LogP contribution >= 0.6 is 0 Å². The van der Waals surface area contributed by atoms with Gasteiger partial charge in [-0.1, -0.05) is 141 Å². The smallest absolute Gasteiger partial charge is 0.129 e. The first-order valence-corrected chi connectivity index (χ1v) is 13.9. The van der Waals surface area contributed by atoms with E-state index in [0.29, 0.717) is 5.78 Å². The molecular formula is C29H56O. The molecule has 0 aromatic rings. The van der Waals surface area contributed by atoms with Gasteiger partial charge in [0.1, 0.15) is 5.78 Å². The summed E-state index contributed by atoms with van der Waals surface area (Å²) in [6, 6.07) is 0. The SMILES string of the molecule is CCCCCCCCCCCCCCCCCCCCCC/C=C/CCCC(C)=O. The molecule has 30 heavy (non-hydrogen) atoms. The molecule has 0 saturated heterocycles. The number of allylic oxidation sites excluding steroid dienone is 2. The molecule has 0 amide bonds. The van der Waals surface area contributed by atoms with Gasteiger partial charge in [0, 0.05) is 6.42 Å². The summed E-state index contributed by atoms with van der Waals surface area (Å²) in [6.45, 7) is 3.98. The summed E-state index contributed by atoms with van der Waals surface area (Å²) < 4.78 is 0. The Hall–Kier alpha value is -0.590. The predicted octanol–water partition coefficient (Wildman–Crippen LogP) is 10.5. The Balaban J connectivity index is 3.05. The number of hydrogen-bond donors (Lipinski definition) is 0. The van der Waals surface area contributed by atoms with E-state index in [2.05, 4.69) is 19.1 Å². The number of unbranched alkanes of at least 4 members (excludes halogenated alkanes) is 21. The maximum Gasteiger partial charge on any atom is 0.129 e. The number of Topliss-reactive ketones (excluding diaryl/α,β-unsaturated/α-hetero) is 1. The van der Waals surface area contributed by atoms with Crippen LogP contribution in [-0.2, 0) is 4.79 Å². The lowest BCUT2D eigenvalue weighted by molar-refractivity contribution is -0.117. The van der Waals surface area contributed by atoms with Crippen LogP contribution in [0.2, 0.25) is 0 Å². The molecule has 0 fully saturated rings. The van der Waals surface area contributed by atoms with Crippen molar-refractivity contribution in [3.8, 4) is 0 Å². The molecule has 0 aliphatic rings. The number of carbonyl (C=O) groups is 1. The molecule has 1 heteroatoms. The summed E-state index contributed by atoms with van der Waals surface area (Å²) in [4.78, 5) is 10.8. The van der Waals surface area contributed by atoms with Crippen LogP contribution in [0.1, 0.15) is 168 Å². The molecule has 0 spiro atoms. The second-order valence-corrected chi connectivity index (χ2v) is 9.57. The van der Waals surface area contributed by atoms with Gasteiger partial charge in [-0.25, -0.2) is 0 Å². The maximum absolute atomic E-state index is 10.8. The zero-order chi connectivity index (χ0) is 22.0. The van der Waals surface area contributed by atoms with Crippen molar-refractivity contribution in [3.05, 3.63) is 12.2 Å². The summed E-state index contributed by atoms with van der Waals surface area (Å²) in [6.07, 6.45) is 37.5. The fourth-order valence-corrected chi connectivity index (χ4v) is 4.22. The first kappa shape index (κ1) is 29.4. The zero-order valence-corrected chi connectivity index (χ0v) is 21.0. The maximum atomic E-state index is 10.8. The highest BCUT2D eigenvalue weighted by molar-refractivity contribution is 5.75. The van der Waals surface area contributed by atoms with Crippen LogP contribution in [0.3, 0.4) is 0 Å². The molecule has 0 bridgehead atoms. The average Bonchev–Trinajstić information content (AvgIpc) is 2.73. The first-order chi connectivity index (χ1) is 14.8. The molecule has 178 valence electrons. The lowest BCUT2D eigenvalue weighted by Gasteiger charge is -2.04. The van der Waals surface area contributed by atoms with Crippen molar-refractivity contribution in [1.29, 1.82) is 0 Å². The molecule has 0 unspecified atom stereocenters. The summed E-state index contributed by atoms with van der Waals surface area (Å²) in [7, 11) is 0. The van der Waals surface area contributed by atoms with E-state index in [9.17, 15) is 4.79 Å². The monoisotopic (exact) mass is 420 g/mol. The van der Waals surface area contributed by atoms with Crippen LogP contribution in [0.15, 0.2) is 12.2 Å². The number of ketones is 1. The minimum Gasteiger partial charge on any atom is -0.300 e. The zero-order valence-electron chi connectivity index (χ0n) is 21.0. The molecule has 1 nitrogen and oxygen atoms in total. The molecular weight excluding hydrogens is 364 g/mol. The fraction of sp³-hybridized carbons (Fsp3) is 0.897. The highest BCUT2D eigenvalue weighted by atomic mass is 16.1. The third-order valence-corrected chi connectivity index (χ3v) is 6.29. The minimum absolute atomic E-state index is 0.317. The molecule has 0 aliphatic heterocycles. The Kier molecular flexibility index (Phi) is 25.9. The molecule has 0 rings (SSSR count). The van der Waals surface area contributed by atoms with Crippen LogP contribution in [0.5, 0.6) is 0 Å². The van der Waals surface area contributed by atoms with Crippen LogP contribution in [-0.4, -0.2) is 5.78 Å². The lowest BCUT2D eigenvalue weighted by Crippen LogP contribution is -1.87. The van der Waals surface area contributed by atoms with Crippen molar-refractivity contribution in [1.82, 2.24) is 0 Å². The Morgan fingerprint density at radius 3 is 1.10 bits per heavy atom. The van der Waals surface area contributed by atoms with Crippen LogP contribution in [0.4, 0.5) is 0 Å². The quantitative estimate of drug-likeness (QED) is 0.106. The Labute approximate surface area is 190 Å². The second-order valence-electron chi connectivity index (χ2n) is 9.57. The fourth-order valence-electron chi connectivity index (χ4n) is 4.22. The van der Waals surface area contributed by atoms with Crippen molar-refractivity contribution in [3.63, 3.8) is 0 Å². The molecule has 0 aromatic heterocycles. The third kappa shape index (κ3) is 27.4. The molecule has 0 heterocycles. The molecule has 0 radical (unpaired) electrons. The molecule has 0 N–H and O–H groups in total. The average molecular weight is 421 g/mol. The minimum atomic E-state index is 0.317. The van der Waals surface area contributed by atoms with E-state index in [1.165, 1.54) is 135 Å². The third-order valence-electron chi connectivity index (χ3n) is 6.29. The topological polar surface area (TPSA) is 17.1 Å². The van der Waals surface area contributed by atoms with E-state index in [1.54, 1.807) is 6.92 Å². The highest BCUT2D eigenvalue weighted by Gasteiger charge is 1.95. The number of hydrogen-bond acceptors (Lipinski definition) is 1. The number of rotatable bonds is 25. The van der Waals surface area contributed by atoms with Crippen LogP contribution in [0, 0.1) is 0 Å². The van der Waals surface area contributed by atoms with E-state index in [4.69, 9.17) is 0 Å². The summed E-state index contributed by atoms with van der Waals surface area (Å²) >= 11 is 0. The van der Waals surface area contributed by atoms with Gasteiger partial charge in [0.25, 0.3) is 0 Å². The van der Waals surface area contributed by atoms with Gasteiger partial charge in [-0.05, 0) is 32.6 Å². The van der Waals surface area contributed by atoms with E-state index < -0.39 is 0 Å². The van der Waals surface area contributed by atoms with Gasteiger partial charge in [-0.3, -0.25) is 0 Å². The Morgan fingerprint density at radius 2 is 0.767 bits per heavy atom. The van der Waals surface area contributed by atoms with E-state index in [0.717, 1.165) is 19.3 Å². The Morgan fingerprint density at radius 1 is 0.467 bits per heavy atom. The highest BCUT2D eigenvalue weighted by Crippen LogP contribution is 2.15. The van der Waals surface area contributed by atoms with Crippen LogP contribution < -0.4 is 0 Å². The van der Waals surface area contributed by atoms with Gasteiger partial charge in [-0.2, -0.15) is 0 Å². The van der Waals surface area contributed by atoms with Crippen molar-refractivity contribution in [2.24, 2.45) is 0 Å². The molecule has 0 aromatic carbocycles. The van der Waals surface area contributed by atoms with Crippen molar-refractivity contribution in [2.75, 3.05) is 0 Å². The van der Waals surface area contributed by atoms with Crippen molar-refractivity contribution in [2.45, 2.75) is 168 Å². The summed E-state index contributed by atoms with van der Waals surface area (Å²) in [5, 5.41) is 0. The Bertz CT molecular complexity index is 357. The predicted molar refractivity (Wildman–Crippen MR) is 136 cm³/mol. The normalized spacial score (nSPS) is 11.5. The molecule has 0 aliphatic carbocycles. The van der Waals surface area contributed by atoms with Gasteiger partial charge < -0.3 is 4.79 Å². The van der Waals surface area contributed by atoms with Crippen molar-refractivity contribution < 1.29 is 4.79 Å². The molecule has 0 saturated carbocycles. The van der Waals surface area contributed by atoms with E-state index in [-0.39, 0.29) is 0 Å². The van der Waals surface area contributed by atoms with Crippen molar-refractivity contribution >= 4 is 5.78 Å².